The van der Waals surface area contributed by atoms with Gasteiger partial charge in [0.05, 0.1) is 23.5 Å². The van der Waals surface area contributed by atoms with Crippen LogP contribution in [0.1, 0.15) is 30.1 Å². The number of fused-ring (bicyclic) bond motifs is 1. The van der Waals surface area contributed by atoms with Crippen LogP contribution in [0, 0.1) is 0 Å². The highest BCUT2D eigenvalue weighted by Gasteiger charge is 2.18. The lowest BCUT2D eigenvalue weighted by Crippen LogP contribution is -2.36. The molecular formula is C13H19N5O. The van der Waals surface area contributed by atoms with Crippen molar-refractivity contribution in [2.45, 2.75) is 19.8 Å². The number of carbonyl (C=O) groups is 1. The maximum Gasteiger partial charge on any atom is 0.257 e. The molecule has 2 heterocycles. The molecule has 6 nitrogen and oxygen atoms in total. The predicted octanol–water partition coefficient (Wildman–Crippen LogP) is 0.930. The van der Waals surface area contributed by atoms with Crippen molar-refractivity contribution in [1.82, 2.24) is 19.5 Å². The highest BCUT2D eigenvalue weighted by atomic mass is 16.2. The number of carbonyl (C=O) groups excluding carboxylic acids is 1. The van der Waals surface area contributed by atoms with E-state index in [9.17, 15) is 4.79 Å². The Bertz CT molecular complexity index is 551. The summed E-state index contributed by atoms with van der Waals surface area (Å²) in [5, 5.41) is 4.16. The van der Waals surface area contributed by atoms with Crippen LogP contribution in [-0.4, -0.2) is 45.0 Å². The molecule has 102 valence electrons. The average Bonchev–Trinajstić information content (AvgIpc) is 2.86. The van der Waals surface area contributed by atoms with E-state index in [2.05, 4.69) is 17.0 Å². The quantitative estimate of drug-likeness (QED) is 0.839. The minimum Gasteiger partial charge on any atom is -0.337 e. The molecule has 2 aromatic heterocycles. The van der Waals surface area contributed by atoms with E-state index in [0.717, 1.165) is 24.9 Å². The lowest BCUT2D eigenvalue weighted by molar-refractivity contribution is 0.0760. The van der Waals surface area contributed by atoms with E-state index in [1.807, 2.05) is 0 Å². The van der Waals surface area contributed by atoms with Crippen LogP contribution in [0.3, 0.4) is 0 Å². The summed E-state index contributed by atoms with van der Waals surface area (Å²) in [6, 6.07) is 0. The van der Waals surface area contributed by atoms with Crippen LogP contribution in [0.5, 0.6) is 0 Å². The molecule has 0 aliphatic rings. The monoisotopic (exact) mass is 261 g/mol. The fraction of sp³-hybridized carbons (Fsp3) is 0.462. The first-order valence-electron chi connectivity index (χ1n) is 6.54. The molecule has 0 atom stereocenters. The van der Waals surface area contributed by atoms with E-state index in [0.29, 0.717) is 18.7 Å². The van der Waals surface area contributed by atoms with Crippen molar-refractivity contribution in [1.29, 1.82) is 0 Å². The molecule has 0 saturated carbocycles. The van der Waals surface area contributed by atoms with E-state index in [1.165, 1.54) is 0 Å². The first-order valence-corrected chi connectivity index (χ1v) is 6.54. The SMILES string of the molecule is CCCCN(CCN)C(=O)c1cnn2ccncc12. The van der Waals surface area contributed by atoms with Gasteiger partial charge in [-0.3, -0.25) is 9.78 Å². The van der Waals surface area contributed by atoms with Crippen LogP contribution in [0.2, 0.25) is 0 Å². The number of unbranched alkanes of at least 4 members (excludes halogenated alkanes) is 1. The molecule has 0 bridgehead atoms. The second kappa shape index (κ2) is 6.29. The summed E-state index contributed by atoms with van der Waals surface area (Å²) in [6.45, 7) is 3.86. The lowest BCUT2D eigenvalue weighted by atomic mass is 10.2. The van der Waals surface area contributed by atoms with Gasteiger partial charge < -0.3 is 10.6 Å². The minimum atomic E-state index is -0.0260. The second-order valence-electron chi connectivity index (χ2n) is 4.40. The molecule has 2 aromatic rings. The number of amides is 1. The van der Waals surface area contributed by atoms with Crippen LogP contribution >= 0.6 is 0 Å². The van der Waals surface area contributed by atoms with Gasteiger partial charge in [0.25, 0.3) is 5.91 Å². The van der Waals surface area contributed by atoms with Gasteiger partial charge in [0.15, 0.2) is 0 Å². The van der Waals surface area contributed by atoms with Crippen molar-refractivity contribution in [2.24, 2.45) is 5.73 Å². The Morgan fingerprint density at radius 3 is 3.00 bits per heavy atom. The molecule has 6 heteroatoms. The standard InChI is InChI=1S/C13H19N5O/c1-2-3-6-17(7-4-14)13(19)11-9-16-18-8-5-15-10-12(11)18/h5,8-10H,2-4,6-7,14H2,1H3. The fourth-order valence-electron chi connectivity index (χ4n) is 1.99. The van der Waals surface area contributed by atoms with E-state index >= 15 is 0 Å². The summed E-state index contributed by atoms with van der Waals surface area (Å²) in [4.78, 5) is 18.3. The normalized spacial score (nSPS) is 10.8. The molecule has 0 aliphatic heterocycles. The van der Waals surface area contributed by atoms with Crippen LogP contribution in [0.15, 0.2) is 24.8 Å². The van der Waals surface area contributed by atoms with Gasteiger partial charge >= 0.3 is 0 Å². The van der Waals surface area contributed by atoms with Gasteiger partial charge in [-0.2, -0.15) is 5.10 Å². The van der Waals surface area contributed by atoms with Gasteiger partial charge in [-0.05, 0) is 6.42 Å². The van der Waals surface area contributed by atoms with Crippen molar-refractivity contribution in [3.63, 3.8) is 0 Å². The third-order valence-electron chi connectivity index (χ3n) is 3.02. The summed E-state index contributed by atoms with van der Waals surface area (Å²) in [5.74, 6) is -0.0260. The third kappa shape index (κ3) is 2.90. The molecule has 2 rings (SSSR count). The summed E-state index contributed by atoms with van der Waals surface area (Å²) in [6.07, 6.45) is 8.64. The molecule has 0 radical (unpaired) electrons. The Morgan fingerprint density at radius 1 is 1.42 bits per heavy atom. The number of rotatable bonds is 6. The molecule has 0 aromatic carbocycles. The number of nitrogens with two attached hydrogens (primary N) is 1. The summed E-state index contributed by atoms with van der Waals surface area (Å²) >= 11 is 0. The van der Waals surface area contributed by atoms with Crippen molar-refractivity contribution in [3.05, 3.63) is 30.4 Å². The van der Waals surface area contributed by atoms with Crippen LogP contribution in [0.4, 0.5) is 0 Å². The fourth-order valence-corrected chi connectivity index (χ4v) is 1.99. The van der Waals surface area contributed by atoms with Gasteiger partial charge in [0.1, 0.15) is 0 Å². The van der Waals surface area contributed by atoms with E-state index in [-0.39, 0.29) is 5.91 Å². The van der Waals surface area contributed by atoms with Crippen molar-refractivity contribution in [3.8, 4) is 0 Å². The van der Waals surface area contributed by atoms with Gasteiger partial charge in [-0.1, -0.05) is 13.3 Å². The first kappa shape index (κ1) is 13.5. The first-order chi connectivity index (χ1) is 9.27. The maximum atomic E-state index is 12.5. The molecule has 0 saturated heterocycles. The molecule has 0 aliphatic carbocycles. The van der Waals surface area contributed by atoms with Crippen LogP contribution in [0.25, 0.3) is 5.52 Å². The molecule has 2 N–H and O–H groups in total. The third-order valence-corrected chi connectivity index (χ3v) is 3.02. The van der Waals surface area contributed by atoms with Crippen molar-refractivity contribution < 1.29 is 4.79 Å². The van der Waals surface area contributed by atoms with Crippen LogP contribution in [-0.2, 0) is 0 Å². The van der Waals surface area contributed by atoms with Gasteiger partial charge in [-0.25, -0.2) is 4.52 Å². The minimum absolute atomic E-state index is 0.0260. The number of aromatic nitrogens is 3. The smallest absolute Gasteiger partial charge is 0.257 e. The second-order valence-corrected chi connectivity index (χ2v) is 4.40. The van der Waals surface area contributed by atoms with E-state index < -0.39 is 0 Å². The number of hydrogen-bond donors (Lipinski definition) is 1. The number of nitrogens with zero attached hydrogens (tertiary/aromatic N) is 4. The summed E-state index contributed by atoms with van der Waals surface area (Å²) in [5.41, 5.74) is 6.89. The molecule has 1 amide bonds. The van der Waals surface area contributed by atoms with E-state index in [4.69, 9.17) is 5.73 Å². The Morgan fingerprint density at radius 2 is 2.26 bits per heavy atom. The maximum absolute atomic E-state index is 12.5. The molecular weight excluding hydrogens is 242 g/mol. The molecule has 0 spiro atoms. The lowest BCUT2D eigenvalue weighted by Gasteiger charge is -2.21. The zero-order valence-electron chi connectivity index (χ0n) is 11.1. The van der Waals surface area contributed by atoms with Gasteiger partial charge in [0, 0.05) is 32.0 Å². The van der Waals surface area contributed by atoms with Crippen LogP contribution < -0.4 is 5.73 Å². The van der Waals surface area contributed by atoms with E-state index in [1.54, 1.807) is 34.2 Å². The Hall–Kier alpha value is -1.95. The molecule has 19 heavy (non-hydrogen) atoms. The highest BCUT2D eigenvalue weighted by Crippen LogP contribution is 2.12. The van der Waals surface area contributed by atoms with Crippen molar-refractivity contribution >= 4 is 11.4 Å². The largest absolute Gasteiger partial charge is 0.337 e. The highest BCUT2D eigenvalue weighted by molar-refractivity contribution is 6.00. The van der Waals surface area contributed by atoms with Gasteiger partial charge in [0.2, 0.25) is 0 Å². The van der Waals surface area contributed by atoms with Crippen molar-refractivity contribution in [2.75, 3.05) is 19.6 Å². The Balaban J connectivity index is 2.25. The average molecular weight is 261 g/mol. The summed E-state index contributed by atoms with van der Waals surface area (Å²) in [7, 11) is 0. The predicted molar refractivity (Wildman–Crippen MR) is 72.9 cm³/mol. The topological polar surface area (TPSA) is 76.5 Å². The number of hydrogen-bond acceptors (Lipinski definition) is 4. The molecule has 0 fully saturated rings. The zero-order valence-corrected chi connectivity index (χ0v) is 11.1. The van der Waals surface area contributed by atoms with Gasteiger partial charge in [-0.15, -0.1) is 0 Å². The Kier molecular flexibility index (Phi) is 4.46. The summed E-state index contributed by atoms with van der Waals surface area (Å²) < 4.78 is 1.65. The zero-order chi connectivity index (χ0) is 13.7. The Labute approximate surface area is 112 Å². The molecule has 0 unspecified atom stereocenters.